The third-order valence-corrected chi connectivity index (χ3v) is 4.36. The van der Waals surface area contributed by atoms with Crippen LogP contribution in [0.5, 0.6) is 0 Å². The Morgan fingerprint density at radius 3 is 2.87 bits per heavy atom. The number of aromatic nitrogens is 2. The molecule has 0 saturated carbocycles. The molecule has 1 N–H and O–H groups in total. The average Bonchev–Trinajstić information content (AvgIpc) is 3.02. The summed E-state index contributed by atoms with van der Waals surface area (Å²) in [4.78, 5) is 14.2. The summed E-state index contributed by atoms with van der Waals surface area (Å²) in [5.74, 6) is 0.716. The molecule has 0 spiro atoms. The number of aromatic amines is 1. The first kappa shape index (κ1) is 15.5. The molecule has 4 nitrogen and oxygen atoms in total. The fourth-order valence-electron chi connectivity index (χ4n) is 2.85. The maximum absolute atomic E-state index is 12.3. The monoisotopic (exact) mass is 309 g/mol. The van der Waals surface area contributed by atoms with E-state index in [0.29, 0.717) is 18.9 Å². The van der Waals surface area contributed by atoms with E-state index in [2.05, 4.69) is 48.3 Å². The van der Waals surface area contributed by atoms with E-state index in [1.807, 2.05) is 23.2 Å². The standard InChI is InChI=1S/C19H23N3O/c1-14(2)16-8-6-15(7-9-16)4-3-5-19(23)22-11-10-18-17(13-22)12-20-21-18/h3-4,6-9,12,14H,5,10-11,13H2,1-2H3,(H,20,21). The Morgan fingerprint density at radius 1 is 1.35 bits per heavy atom. The average molecular weight is 309 g/mol. The van der Waals surface area contributed by atoms with Crippen molar-refractivity contribution in [2.24, 2.45) is 0 Å². The van der Waals surface area contributed by atoms with Crippen molar-refractivity contribution in [3.05, 3.63) is 58.9 Å². The summed E-state index contributed by atoms with van der Waals surface area (Å²) in [6.07, 6.45) is 7.11. The van der Waals surface area contributed by atoms with Crippen molar-refractivity contribution in [3.8, 4) is 0 Å². The van der Waals surface area contributed by atoms with E-state index in [1.165, 1.54) is 5.56 Å². The largest absolute Gasteiger partial charge is 0.338 e. The maximum Gasteiger partial charge on any atom is 0.226 e. The third kappa shape index (κ3) is 3.70. The van der Waals surface area contributed by atoms with Crippen LogP contribution in [0.15, 0.2) is 36.5 Å². The molecule has 0 bridgehead atoms. The summed E-state index contributed by atoms with van der Waals surface area (Å²) in [6, 6.07) is 8.51. The molecule has 0 saturated heterocycles. The van der Waals surface area contributed by atoms with Gasteiger partial charge in [0.2, 0.25) is 5.91 Å². The predicted molar refractivity (Wildman–Crippen MR) is 91.9 cm³/mol. The predicted octanol–water partition coefficient (Wildman–Crippen LogP) is 3.52. The lowest BCUT2D eigenvalue weighted by atomic mass is 10.0. The molecule has 4 heteroatoms. The Kier molecular flexibility index (Phi) is 4.60. The van der Waals surface area contributed by atoms with Crippen LogP contribution in [-0.4, -0.2) is 27.5 Å². The highest BCUT2D eigenvalue weighted by atomic mass is 16.2. The van der Waals surface area contributed by atoms with Gasteiger partial charge < -0.3 is 4.90 Å². The lowest BCUT2D eigenvalue weighted by Crippen LogP contribution is -2.35. The maximum atomic E-state index is 12.3. The first-order chi connectivity index (χ1) is 11.1. The molecule has 120 valence electrons. The van der Waals surface area contributed by atoms with Crippen molar-refractivity contribution in [3.63, 3.8) is 0 Å². The molecule has 1 aliphatic rings. The van der Waals surface area contributed by atoms with Crippen LogP contribution in [-0.2, 0) is 17.8 Å². The van der Waals surface area contributed by atoms with Gasteiger partial charge in [-0.1, -0.05) is 50.3 Å². The number of carbonyl (C=O) groups is 1. The Bertz CT molecular complexity index is 698. The van der Waals surface area contributed by atoms with Gasteiger partial charge in [0.1, 0.15) is 0 Å². The minimum Gasteiger partial charge on any atom is -0.338 e. The quantitative estimate of drug-likeness (QED) is 0.939. The van der Waals surface area contributed by atoms with Crippen molar-refractivity contribution in [2.45, 2.75) is 39.2 Å². The lowest BCUT2D eigenvalue weighted by molar-refractivity contribution is -0.131. The van der Waals surface area contributed by atoms with Gasteiger partial charge in [-0.3, -0.25) is 9.89 Å². The Morgan fingerprint density at radius 2 is 2.13 bits per heavy atom. The van der Waals surface area contributed by atoms with E-state index in [9.17, 15) is 4.79 Å². The Labute approximate surface area is 137 Å². The van der Waals surface area contributed by atoms with Gasteiger partial charge in [-0.25, -0.2) is 0 Å². The van der Waals surface area contributed by atoms with Gasteiger partial charge in [-0.2, -0.15) is 5.10 Å². The van der Waals surface area contributed by atoms with Gasteiger partial charge in [-0.05, 0) is 17.0 Å². The molecule has 0 radical (unpaired) electrons. The normalized spacial score (nSPS) is 14.5. The first-order valence-electron chi connectivity index (χ1n) is 8.19. The van der Waals surface area contributed by atoms with Crippen molar-refractivity contribution in [2.75, 3.05) is 6.54 Å². The van der Waals surface area contributed by atoms with Crippen molar-refractivity contribution >= 4 is 12.0 Å². The summed E-state index contributed by atoms with van der Waals surface area (Å²) in [7, 11) is 0. The smallest absolute Gasteiger partial charge is 0.226 e. The van der Waals surface area contributed by atoms with Gasteiger partial charge in [0.05, 0.1) is 6.20 Å². The molecule has 0 aliphatic carbocycles. The molecule has 3 rings (SSSR count). The number of amides is 1. The zero-order valence-electron chi connectivity index (χ0n) is 13.7. The molecule has 0 atom stereocenters. The van der Waals surface area contributed by atoms with E-state index in [1.54, 1.807) is 0 Å². The number of hydrogen-bond acceptors (Lipinski definition) is 2. The van der Waals surface area contributed by atoms with E-state index in [0.717, 1.165) is 29.8 Å². The van der Waals surface area contributed by atoms with Crippen LogP contribution in [0.3, 0.4) is 0 Å². The van der Waals surface area contributed by atoms with Gasteiger partial charge in [0.25, 0.3) is 0 Å². The van der Waals surface area contributed by atoms with E-state index in [-0.39, 0.29) is 5.91 Å². The number of nitrogens with one attached hydrogen (secondary N) is 1. The Hall–Kier alpha value is -2.36. The molecule has 1 amide bonds. The number of carbonyl (C=O) groups excluding carboxylic acids is 1. The number of H-pyrrole nitrogens is 1. The molecule has 2 heterocycles. The lowest BCUT2D eigenvalue weighted by Gasteiger charge is -2.26. The van der Waals surface area contributed by atoms with E-state index < -0.39 is 0 Å². The zero-order valence-corrected chi connectivity index (χ0v) is 13.7. The summed E-state index contributed by atoms with van der Waals surface area (Å²) < 4.78 is 0. The number of rotatable bonds is 4. The summed E-state index contributed by atoms with van der Waals surface area (Å²) >= 11 is 0. The molecule has 2 aromatic rings. The molecule has 0 fully saturated rings. The molecular weight excluding hydrogens is 286 g/mol. The second-order valence-corrected chi connectivity index (χ2v) is 6.37. The first-order valence-corrected chi connectivity index (χ1v) is 8.19. The van der Waals surface area contributed by atoms with Gasteiger partial charge in [-0.15, -0.1) is 0 Å². The topological polar surface area (TPSA) is 49.0 Å². The second-order valence-electron chi connectivity index (χ2n) is 6.37. The highest BCUT2D eigenvalue weighted by Gasteiger charge is 2.20. The van der Waals surface area contributed by atoms with Crippen molar-refractivity contribution in [1.29, 1.82) is 0 Å². The van der Waals surface area contributed by atoms with Crippen LogP contribution in [0.25, 0.3) is 6.08 Å². The second kappa shape index (κ2) is 6.82. The van der Waals surface area contributed by atoms with Gasteiger partial charge in [0.15, 0.2) is 0 Å². The molecule has 23 heavy (non-hydrogen) atoms. The van der Waals surface area contributed by atoms with Crippen LogP contribution < -0.4 is 0 Å². The molecule has 0 unspecified atom stereocenters. The summed E-state index contributed by atoms with van der Waals surface area (Å²) in [6.45, 7) is 5.81. The van der Waals surface area contributed by atoms with E-state index >= 15 is 0 Å². The van der Waals surface area contributed by atoms with Crippen LogP contribution in [0.4, 0.5) is 0 Å². The Balaban J connectivity index is 1.54. The van der Waals surface area contributed by atoms with Crippen LogP contribution in [0.1, 0.15) is 48.6 Å². The summed E-state index contributed by atoms with van der Waals surface area (Å²) in [5, 5.41) is 7.03. The van der Waals surface area contributed by atoms with Crippen molar-refractivity contribution < 1.29 is 4.79 Å². The van der Waals surface area contributed by atoms with Crippen LogP contribution >= 0.6 is 0 Å². The number of fused-ring (bicyclic) bond motifs is 1. The highest BCUT2D eigenvalue weighted by Crippen LogP contribution is 2.18. The van der Waals surface area contributed by atoms with Crippen LogP contribution in [0, 0.1) is 0 Å². The third-order valence-electron chi connectivity index (χ3n) is 4.36. The molecular formula is C19H23N3O. The number of benzene rings is 1. The van der Waals surface area contributed by atoms with E-state index in [4.69, 9.17) is 0 Å². The molecule has 1 aliphatic heterocycles. The molecule has 1 aromatic carbocycles. The fourth-order valence-corrected chi connectivity index (χ4v) is 2.85. The zero-order chi connectivity index (χ0) is 16.2. The highest BCUT2D eigenvalue weighted by molar-refractivity contribution is 5.79. The number of nitrogens with zero attached hydrogens (tertiary/aromatic N) is 2. The van der Waals surface area contributed by atoms with Gasteiger partial charge in [0, 0.05) is 37.2 Å². The van der Waals surface area contributed by atoms with Crippen LogP contribution in [0.2, 0.25) is 0 Å². The minimum atomic E-state index is 0.173. The molecule has 1 aromatic heterocycles. The fraction of sp³-hybridized carbons (Fsp3) is 0.368. The minimum absolute atomic E-state index is 0.173. The van der Waals surface area contributed by atoms with Crippen molar-refractivity contribution in [1.82, 2.24) is 15.1 Å². The SMILES string of the molecule is CC(C)c1ccc(C=CCC(=O)N2CCc3[nH]ncc3C2)cc1. The number of hydrogen-bond donors (Lipinski definition) is 1. The van der Waals surface area contributed by atoms with Gasteiger partial charge >= 0.3 is 0 Å². The summed E-state index contributed by atoms with van der Waals surface area (Å²) in [5.41, 5.74) is 4.77.